The number of aromatic nitrogens is 1. The lowest BCUT2D eigenvalue weighted by atomic mass is 10.2. The first-order valence-electron chi connectivity index (χ1n) is 8.98. The van der Waals surface area contributed by atoms with Crippen molar-refractivity contribution in [3.8, 4) is 10.6 Å². The second-order valence-corrected chi connectivity index (χ2v) is 8.24. The zero-order valence-corrected chi connectivity index (χ0v) is 17.6. The summed E-state index contributed by atoms with van der Waals surface area (Å²) in [5.41, 5.74) is 1.10. The van der Waals surface area contributed by atoms with Crippen LogP contribution in [-0.2, 0) is 16.1 Å². The first kappa shape index (κ1) is 21.4. The van der Waals surface area contributed by atoms with Crippen LogP contribution in [0, 0.1) is 10.1 Å². The maximum Gasteiger partial charge on any atom is 0.292 e. The first-order chi connectivity index (χ1) is 14.4. The number of carbonyl (C=O) groups excluding carboxylic acids is 2. The topological polar surface area (TPSA) is 126 Å². The van der Waals surface area contributed by atoms with Gasteiger partial charge in [0.05, 0.1) is 22.0 Å². The van der Waals surface area contributed by atoms with Gasteiger partial charge in [0.25, 0.3) is 5.69 Å². The molecule has 0 bridgehead atoms. The van der Waals surface area contributed by atoms with E-state index in [2.05, 4.69) is 20.9 Å². The van der Waals surface area contributed by atoms with Gasteiger partial charge in [0.15, 0.2) is 5.13 Å². The Hall–Kier alpha value is -3.31. The van der Waals surface area contributed by atoms with Gasteiger partial charge in [-0.3, -0.25) is 19.7 Å². The lowest BCUT2D eigenvalue weighted by Crippen LogP contribution is -2.17. The molecule has 30 heavy (non-hydrogen) atoms. The number of nitro benzene ring substituents is 1. The predicted octanol–water partition coefficient (Wildman–Crippen LogP) is 3.86. The number of hydrogen-bond acceptors (Lipinski definition) is 8. The first-order valence-corrected chi connectivity index (χ1v) is 10.7. The fourth-order valence-electron chi connectivity index (χ4n) is 2.54. The number of carbonyl (C=O) groups is 2. The minimum Gasteiger partial charge on any atom is -0.379 e. The maximum atomic E-state index is 12.2. The summed E-state index contributed by atoms with van der Waals surface area (Å²) in [7, 11) is 0. The van der Waals surface area contributed by atoms with Crippen LogP contribution in [0.2, 0.25) is 0 Å². The fourth-order valence-corrected chi connectivity index (χ4v) is 4.25. The molecule has 2 amide bonds. The normalized spacial score (nSPS) is 10.4. The van der Waals surface area contributed by atoms with Crippen LogP contribution in [0.1, 0.15) is 18.2 Å². The second-order valence-electron chi connectivity index (χ2n) is 6.21. The molecule has 2 aromatic heterocycles. The number of thiazole rings is 1. The van der Waals surface area contributed by atoms with Crippen molar-refractivity contribution in [3.05, 3.63) is 56.8 Å². The monoisotopic (exact) mass is 445 g/mol. The highest BCUT2D eigenvalue weighted by atomic mass is 32.1. The number of nitro groups is 1. The summed E-state index contributed by atoms with van der Waals surface area (Å²) in [4.78, 5) is 40.1. The quantitative estimate of drug-likeness (QED) is 0.339. The molecule has 3 N–H and O–H groups in total. The van der Waals surface area contributed by atoms with Crippen molar-refractivity contribution in [2.45, 2.75) is 19.9 Å². The van der Waals surface area contributed by atoms with Gasteiger partial charge in [-0.05, 0) is 18.2 Å². The zero-order valence-electron chi connectivity index (χ0n) is 16.0. The van der Waals surface area contributed by atoms with Crippen LogP contribution in [0.3, 0.4) is 0 Å². The van der Waals surface area contributed by atoms with E-state index in [9.17, 15) is 19.7 Å². The van der Waals surface area contributed by atoms with Crippen LogP contribution in [-0.4, -0.2) is 28.3 Å². The minimum absolute atomic E-state index is 0.0312. The molecule has 2 heterocycles. The third-order valence-corrected chi connectivity index (χ3v) is 5.81. The van der Waals surface area contributed by atoms with Crippen molar-refractivity contribution in [1.82, 2.24) is 10.3 Å². The summed E-state index contributed by atoms with van der Waals surface area (Å²) in [5, 5.41) is 21.8. The summed E-state index contributed by atoms with van der Waals surface area (Å²) in [5.74, 6) is -0.320. The lowest BCUT2D eigenvalue weighted by molar-refractivity contribution is -0.384. The number of nitrogens with one attached hydrogen (secondary N) is 3. The lowest BCUT2D eigenvalue weighted by Gasteiger charge is -2.06. The number of para-hydroxylation sites is 2. The van der Waals surface area contributed by atoms with Gasteiger partial charge in [0.1, 0.15) is 5.69 Å². The standard InChI is InChI=1S/C19H19N5O4S2/c1-12(25)21-10-13-6-7-17(30-13)15-11-29-19(22-15)23-18(26)8-9-20-14-4-2-3-5-16(14)24(27)28/h2-7,11,20H,8-10H2,1H3,(H,21,25)(H,22,23,26). The molecule has 1 aromatic carbocycles. The van der Waals surface area contributed by atoms with Crippen LogP contribution in [0.25, 0.3) is 10.6 Å². The molecule has 0 fully saturated rings. The van der Waals surface area contributed by atoms with E-state index in [1.54, 1.807) is 18.2 Å². The number of benzene rings is 1. The molecule has 0 aliphatic heterocycles. The Balaban J connectivity index is 1.50. The van der Waals surface area contributed by atoms with Crippen molar-refractivity contribution in [2.24, 2.45) is 0 Å². The molecule has 0 unspecified atom stereocenters. The highest BCUT2D eigenvalue weighted by molar-refractivity contribution is 7.17. The van der Waals surface area contributed by atoms with Gasteiger partial charge < -0.3 is 16.0 Å². The Kier molecular flexibility index (Phi) is 7.09. The predicted molar refractivity (Wildman–Crippen MR) is 118 cm³/mol. The molecule has 11 heteroatoms. The molecular formula is C19H19N5O4S2. The number of anilines is 2. The Morgan fingerprint density at radius 2 is 2.00 bits per heavy atom. The summed E-state index contributed by atoms with van der Waals surface area (Å²) in [6, 6.07) is 10.2. The van der Waals surface area contributed by atoms with Crippen molar-refractivity contribution in [2.75, 3.05) is 17.2 Å². The maximum absolute atomic E-state index is 12.2. The van der Waals surface area contributed by atoms with Crippen molar-refractivity contribution in [1.29, 1.82) is 0 Å². The van der Waals surface area contributed by atoms with Gasteiger partial charge in [0.2, 0.25) is 11.8 Å². The van der Waals surface area contributed by atoms with E-state index in [0.29, 0.717) is 17.4 Å². The van der Waals surface area contributed by atoms with Gasteiger partial charge >= 0.3 is 0 Å². The highest BCUT2D eigenvalue weighted by Crippen LogP contribution is 2.31. The van der Waals surface area contributed by atoms with Gasteiger partial charge in [-0.25, -0.2) is 4.98 Å². The largest absolute Gasteiger partial charge is 0.379 e. The third-order valence-electron chi connectivity index (χ3n) is 3.94. The van der Waals surface area contributed by atoms with E-state index in [-0.39, 0.29) is 30.5 Å². The molecular weight excluding hydrogens is 426 g/mol. The SMILES string of the molecule is CC(=O)NCc1ccc(-c2csc(NC(=O)CCNc3ccccc3[N+](=O)[O-])n2)s1. The van der Waals surface area contributed by atoms with Crippen LogP contribution in [0.4, 0.5) is 16.5 Å². The van der Waals surface area contributed by atoms with E-state index < -0.39 is 4.92 Å². The number of thiophene rings is 1. The van der Waals surface area contributed by atoms with E-state index in [0.717, 1.165) is 15.4 Å². The fraction of sp³-hybridized carbons (Fsp3) is 0.211. The van der Waals surface area contributed by atoms with Crippen LogP contribution < -0.4 is 16.0 Å². The molecule has 0 radical (unpaired) electrons. The Labute approximate surface area is 180 Å². The van der Waals surface area contributed by atoms with Gasteiger partial charge in [-0.15, -0.1) is 22.7 Å². The molecule has 9 nitrogen and oxygen atoms in total. The molecule has 0 saturated heterocycles. The van der Waals surface area contributed by atoms with Gasteiger partial charge in [-0.2, -0.15) is 0 Å². The number of nitrogens with zero attached hydrogens (tertiary/aromatic N) is 2. The smallest absolute Gasteiger partial charge is 0.292 e. The number of rotatable bonds is 9. The molecule has 0 aliphatic rings. The van der Waals surface area contributed by atoms with Crippen molar-refractivity contribution >= 4 is 51.0 Å². The summed E-state index contributed by atoms with van der Waals surface area (Å²) >= 11 is 2.85. The molecule has 0 aliphatic carbocycles. The average molecular weight is 446 g/mol. The highest BCUT2D eigenvalue weighted by Gasteiger charge is 2.13. The minimum atomic E-state index is -0.467. The van der Waals surface area contributed by atoms with Crippen LogP contribution in [0.5, 0.6) is 0 Å². The Morgan fingerprint density at radius 1 is 1.20 bits per heavy atom. The Morgan fingerprint density at radius 3 is 2.77 bits per heavy atom. The van der Waals surface area contributed by atoms with Crippen molar-refractivity contribution < 1.29 is 14.5 Å². The molecule has 156 valence electrons. The molecule has 0 atom stereocenters. The summed E-state index contributed by atoms with van der Waals surface area (Å²) < 4.78 is 0. The molecule has 0 spiro atoms. The second kappa shape index (κ2) is 9.94. The zero-order chi connectivity index (χ0) is 21.5. The van der Waals surface area contributed by atoms with Gasteiger partial charge in [-0.1, -0.05) is 12.1 Å². The van der Waals surface area contributed by atoms with E-state index in [1.807, 2.05) is 17.5 Å². The third kappa shape index (κ3) is 5.84. The molecule has 0 saturated carbocycles. The van der Waals surface area contributed by atoms with Gasteiger partial charge in [0, 0.05) is 36.2 Å². The molecule has 3 aromatic rings. The number of amides is 2. The van der Waals surface area contributed by atoms with E-state index in [1.165, 1.54) is 35.7 Å². The van der Waals surface area contributed by atoms with E-state index >= 15 is 0 Å². The Bertz CT molecular complexity index is 1060. The van der Waals surface area contributed by atoms with Crippen LogP contribution in [0.15, 0.2) is 41.8 Å². The summed E-state index contributed by atoms with van der Waals surface area (Å²) in [6.07, 6.45) is 0.140. The molecule has 3 rings (SSSR count). The van der Waals surface area contributed by atoms with Crippen molar-refractivity contribution in [3.63, 3.8) is 0 Å². The number of hydrogen-bond donors (Lipinski definition) is 3. The average Bonchev–Trinajstić information content (AvgIpc) is 3.36. The van der Waals surface area contributed by atoms with E-state index in [4.69, 9.17) is 0 Å². The summed E-state index contributed by atoms with van der Waals surface area (Å²) in [6.45, 7) is 2.20. The van der Waals surface area contributed by atoms with Crippen LogP contribution >= 0.6 is 22.7 Å².